The molecule has 6 aliphatic heterocycles. The number of fused-ring (bicyclic) bond motifs is 5. The summed E-state index contributed by atoms with van der Waals surface area (Å²) in [6.45, 7) is 2.78. The van der Waals surface area contributed by atoms with Gasteiger partial charge in [0.25, 0.3) is 5.91 Å². The summed E-state index contributed by atoms with van der Waals surface area (Å²) in [5.74, 6) is -1.90. The summed E-state index contributed by atoms with van der Waals surface area (Å²) in [5.41, 5.74) is 0.443. The first-order chi connectivity index (χ1) is 23.4. The van der Waals surface area contributed by atoms with Gasteiger partial charge in [-0.15, -0.1) is 6.58 Å². The van der Waals surface area contributed by atoms with E-state index >= 15 is 0 Å². The topological polar surface area (TPSA) is 257 Å². The Morgan fingerprint density at radius 3 is 2.33 bits per heavy atom. The van der Waals surface area contributed by atoms with E-state index in [0.717, 1.165) is 0 Å². The molecule has 6 heterocycles. The number of nitrogens with one attached hydrogen (secondary N) is 1. The summed E-state index contributed by atoms with van der Waals surface area (Å²) in [6.07, 6.45) is -14.3. The summed E-state index contributed by atoms with van der Waals surface area (Å²) >= 11 is 0. The Hall–Kier alpha value is -3.20. The first-order valence-electron chi connectivity index (χ1n) is 16.1. The average Bonchev–Trinajstić information content (AvgIpc) is 3.61. The van der Waals surface area contributed by atoms with E-state index in [1.807, 2.05) is 0 Å². The third-order valence-electron chi connectivity index (χ3n) is 10.8. The molecule has 1 aromatic carbocycles. The Bertz CT molecular complexity index is 1510. The fourth-order valence-electron chi connectivity index (χ4n) is 8.21. The van der Waals surface area contributed by atoms with Crippen LogP contribution in [0.1, 0.15) is 18.4 Å². The molecule has 0 aliphatic carbocycles. The first kappa shape index (κ1) is 34.3. The molecular formula is C32H40N2O15. The Morgan fingerprint density at radius 2 is 1.63 bits per heavy atom. The van der Waals surface area contributed by atoms with Crippen molar-refractivity contribution in [3.05, 3.63) is 48.3 Å². The molecule has 49 heavy (non-hydrogen) atoms. The number of aromatic hydroxyl groups is 1. The molecular weight excluding hydrogens is 652 g/mol. The van der Waals surface area contributed by atoms with Gasteiger partial charge in [-0.05, 0) is 24.5 Å². The van der Waals surface area contributed by atoms with E-state index in [-0.39, 0.29) is 17.6 Å². The Morgan fingerprint density at radius 1 is 0.939 bits per heavy atom. The van der Waals surface area contributed by atoms with Crippen molar-refractivity contribution in [1.29, 1.82) is 0 Å². The molecule has 9 N–H and O–H groups in total. The number of aliphatic hydroxyl groups is 7. The zero-order chi connectivity index (χ0) is 34.9. The van der Waals surface area contributed by atoms with Gasteiger partial charge in [-0.25, -0.2) is 0 Å². The molecule has 15 atom stereocenters. The van der Waals surface area contributed by atoms with Gasteiger partial charge in [0.2, 0.25) is 12.2 Å². The van der Waals surface area contributed by atoms with Crippen LogP contribution in [0.5, 0.6) is 5.75 Å². The quantitative estimate of drug-likeness (QED) is 0.128. The number of hydrogen-bond donors (Lipinski definition) is 9. The Kier molecular flexibility index (Phi) is 8.98. The molecule has 0 aromatic heterocycles. The van der Waals surface area contributed by atoms with Crippen LogP contribution in [0, 0.1) is 11.8 Å². The van der Waals surface area contributed by atoms with E-state index in [1.165, 1.54) is 24.5 Å². The number of phenols is 1. The van der Waals surface area contributed by atoms with Crippen LogP contribution >= 0.6 is 0 Å². The third-order valence-corrected chi connectivity index (χ3v) is 10.8. The van der Waals surface area contributed by atoms with Crippen molar-refractivity contribution in [2.24, 2.45) is 11.8 Å². The van der Waals surface area contributed by atoms with Crippen LogP contribution in [0.15, 0.2) is 42.7 Å². The number of phenolic OH excluding ortho intramolecular Hbond substituents is 1. The van der Waals surface area contributed by atoms with Gasteiger partial charge in [-0.3, -0.25) is 9.59 Å². The zero-order valence-electron chi connectivity index (χ0n) is 26.1. The monoisotopic (exact) mass is 692 g/mol. The van der Waals surface area contributed by atoms with Crippen LogP contribution in [0.2, 0.25) is 0 Å². The highest BCUT2D eigenvalue weighted by Crippen LogP contribution is 2.54. The number of anilines is 1. The molecule has 6 aliphatic rings. The van der Waals surface area contributed by atoms with E-state index in [2.05, 4.69) is 11.9 Å². The number of hydrogen-bond acceptors (Lipinski definition) is 15. The van der Waals surface area contributed by atoms with Crippen molar-refractivity contribution < 1.29 is 74.1 Å². The molecule has 1 aromatic rings. The van der Waals surface area contributed by atoms with Crippen molar-refractivity contribution in [3.8, 4) is 5.75 Å². The van der Waals surface area contributed by atoms with Crippen LogP contribution in [-0.2, 0) is 38.7 Å². The minimum atomic E-state index is -1.85. The predicted molar refractivity (Wildman–Crippen MR) is 161 cm³/mol. The summed E-state index contributed by atoms with van der Waals surface area (Å²) in [6, 6.07) is 4.11. The molecule has 7 rings (SSSR count). The van der Waals surface area contributed by atoms with Crippen LogP contribution in [0.4, 0.5) is 5.69 Å². The van der Waals surface area contributed by atoms with E-state index < -0.39 is 104 Å². The second kappa shape index (κ2) is 12.8. The van der Waals surface area contributed by atoms with Gasteiger partial charge in [0.15, 0.2) is 12.6 Å². The van der Waals surface area contributed by atoms with Crippen molar-refractivity contribution in [2.45, 2.75) is 92.0 Å². The second-order valence-electron chi connectivity index (χ2n) is 13.3. The fourth-order valence-corrected chi connectivity index (χ4v) is 8.21. The number of nitrogens with zero attached hydrogens (tertiary/aromatic N) is 1. The molecule has 17 heteroatoms. The van der Waals surface area contributed by atoms with Gasteiger partial charge >= 0.3 is 0 Å². The SMILES string of the molecule is C=C[C@H]1[C@H](O[C@@H]2O[C@H](CO)[C@@H](O)[C@H](O)[C@H]2O[C@@H]2O[C@H](CO)[C@@H](O)[C@H](O)[C@H]2O)OC=C2C(=O)N3CC[C@]4(C(=O)Nc5cc(O)ccc54)[C@H]3C[C@H]21. The van der Waals surface area contributed by atoms with Gasteiger partial charge in [-0.1, -0.05) is 12.1 Å². The molecule has 0 unspecified atom stereocenters. The maximum Gasteiger partial charge on any atom is 0.253 e. The maximum absolute atomic E-state index is 13.9. The number of piperidine rings is 1. The predicted octanol–water partition coefficient (Wildman–Crippen LogP) is -3.11. The lowest BCUT2D eigenvalue weighted by molar-refractivity contribution is -0.383. The smallest absolute Gasteiger partial charge is 0.253 e. The highest BCUT2D eigenvalue weighted by Gasteiger charge is 2.63. The van der Waals surface area contributed by atoms with E-state index in [1.54, 1.807) is 11.0 Å². The van der Waals surface area contributed by atoms with Gasteiger partial charge in [0.1, 0.15) is 54.6 Å². The average molecular weight is 693 g/mol. The van der Waals surface area contributed by atoms with Gasteiger partial charge in [0.05, 0.1) is 36.5 Å². The summed E-state index contributed by atoms with van der Waals surface area (Å²) < 4.78 is 29.1. The number of carbonyl (C=O) groups excluding carboxylic acids is 2. The molecule has 2 amide bonds. The lowest BCUT2D eigenvalue weighted by Crippen LogP contribution is -2.65. The molecule has 4 saturated heterocycles. The van der Waals surface area contributed by atoms with Crippen LogP contribution < -0.4 is 5.32 Å². The third kappa shape index (κ3) is 5.27. The zero-order valence-corrected chi connectivity index (χ0v) is 26.1. The molecule has 268 valence electrons. The Labute approximate surface area is 279 Å². The number of carbonyl (C=O) groups is 2. The van der Waals surface area contributed by atoms with Crippen LogP contribution in [0.3, 0.4) is 0 Å². The van der Waals surface area contributed by atoms with Crippen LogP contribution in [-0.4, -0.2) is 151 Å². The molecule has 0 saturated carbocycles. The minimum Gasteiger partial charge on any atom is -0.508 e. The van der Waals surface area contributed by atoms with E-state index in [9.17, 15) is 50.4 Å². The molecule has 1 spiro atoms. The molecule has 17 nitrogen and oxygen atoms in total. The van der Waals surface area contributed by atoms with Crippen molar-refractivity contribution >= 4 is 17.5 Å². The summed E-state index contributed by atoms with van der Waals surface area (Å²) in [7, 11) is 0. The lowest BCUT2D eigenvalue weighted by Gasteiger charge is -2.48. The molecule has 0 radical (unpaired) electrons. The number of ether oxygens (including phenoxy) is 5. The van der Waals surface area contributed by atoms with E-state index in [0.29, 0.717) is 36.2 Å². The lowest BCUT2D eigenvalue weighted by atomic mass is 9.67. The van der Waals surface area contributed by atoms with Crippen LogP contribution in [0.25, 0.3) is 0 Å². The highest BCUT2D eigenvalue weighted by atomic mass is 16.8. The normalized spacial score (nSPS) is 44.5. The number of benzene rings is 1. The van der Waals surface area contributed by atoms with E-state index in [4.69, 9.17) is 23.7 Å². The number of aliphatic hydroxyl groups excluding tert-OH is 7. The molecule has 0 bridgehead atoms. The fraction of sp³-hybridized carbons (Fsp3) is 0.625. The van der Waals surface area contributed by atoms with Crippen molar-refractivity contribution in [3.63, 3.8) is 0 Å². The van der Waals surface area contributed by atoms with Gasteiger partial charge < -0.3 is 74.8 Å². The maximum atomic E-state index is 13.9. The highest BCUT2D eigenvalue weighted by molar-refractivity contribution is 6.08. The first-order valence-corrected chi connectivity index (χ1v) is 16.1. The Balaban J connectivity index is 1.16. The minimum absolute atomic E-state index is 0.00753. The largest absolute Gasteiger partial charge is 0.508 e. The molecule has 4 fully saturated rings. The summed E-state index contributed by atoms with van der Waals surface area (Å²) in [4.78, 5) is 29.1. The van der Waals surface area contributed by atoms with Gasteiger partial charge in [-0.2, -0.15) is 0 Å². The van der Waals surface area contributed by atoms with Crippen molar-refractivity contribution in [2.75, 3.05) is 25.1 Å². The van der Waals surface area contributed by atoms with Gasteiger partial charge in [0, 0.05) is 30.1 Å². The van der Waals surface area contributed by atoms with Crippen molar-refractivity contribution in [1.82, 2.24) is 4.90 Å². The number of amides is 2. The summed E-state index contributed by atoms with van der Waals surface area (Å²) in [5, 5.41) is 85.1. The second-order valence-corrected chi connectivity index (χ2v) is 13.3. The number of rotatable bonds is 7. The standard InChI is InChI=1S/C32H40N2O15/c1-2-13-14-8-20-32(16-4-3-12(37)7-17(16)33-31(32)44)5-6-34(20)27(43)15(14)11-45-28(13)49-30-26(24(41)22(39)19(10-36)47-30)48-29-25(42)23(40)21(38)18(9-35)46-29/h2-4,7,11,13-14,18-26,28-30,35-42H,1,5-6,8-10H2,(H,33,44)/t13-,14+,18-,19-,20-,21-,22-,23+,24+,25-,26-,28+,29+,30+,32-/m1/s1.